The van der Waals surface area contributed by atoms with Gasteiger partial charge in [0.2, 0.25) is 5.91 Å². The van der Waals surface area contributed by atoms with E-state index in [9.17, 15) is 9.90 Å². The molecule has 1 aliphatic carbocycles. The molecule has 1 saturated heterocycles. The van der Waals surface area contributed by atoms with Gasteiger partial charge in [-0.15, -0.1) is 0 Å². The molecule has 0 bridgehead atoms. The van der Waals surface area contributed by atoms with Crippen LogP contribution in [0.4, 0.5) is 0 Å². The molecule has 3 atom stereocenters. The summed E-state index contributed by atoms with van der Waals surface area (Å²) < 4.78 is 0. The Labute approximate surface area is 116 Å². The fourth-order valence-corrected chi connectivity index (χ4v) is 3.29. The summed E-state index contributed by atoms with van der Waals surface area (Å²) in [7, 11) is 0. The highest BCUT2D eigenvalue weighted by atomic mass is 16.3. The van der Waals surface area contributed by atoms with Crippen LogP contribution in [0.25, 0.3) is 0 Å². The zero-order valence-electron chi connectivity index (χ0n) is 12.2. The highest BCUT2D eigenvalue weighted by molar-refractivity contribution is 5.82. The summed E-state index contributed by atoms with van der Waals surface area (Å²) in [6.07, 6.45) is 5.80. The molecular formula is C15H28N2O2. The van der Waals surface area contributed by atoms with E-state index in [0.29, 0.717) is 5.92 Å². The average Bonchev–Trinajstić information content (AvgIpc) is 2.42. The van der Waals surface area contributed by atoms with Gasteiger partial charge < -0.3 is 15.7 Å². The van der Waals surface area contributed by atoms with Crippen LogP contribution in [0.1, 0.15) is 52.4 Å². The van der Waals surface area contributed by atoms with Crippen LogP contribution in [0.3, 0.4) is 0 Å². The Morgan fingerprint density at radius 1 is 1.21 bits per heavy atom. The first-order valence-corrected chi connectivity index (χ1v) is 7.71. The summed E-state index contributed by atoms with van der Waals surface area (Å²) in [6.45, 7) is 6.06. The minimum absolute atomic E-state index is 0.0444. The first kappa shape index (κ1) is 14.8. The van der Waals surface area contributed by atoms with Gasteiger partial charge in [-0.05, 0) is 44.7 Å². The Hall–Kier alpha value is -0.610. The molecule has 1 amide bonds. The van der Waals surface area contributed by atoms with Gasteiger partial charge in [-0.2, -0.15) is 0 Å². The Balaban J connectivity index is 1.93. The SMILES string of the molecule is CC(C)(C(=O)N[C@H]1CCCC[C@@H]1O)C1CCCNC1. The van der Waals surface area contributed by atoms with Gasteiger partial charge in [-0.25, -0.2) is 0 Å². The van der Waals surface area contributed by atoms with E-state index in [4.69, 9.17) is 0 Å². The van der Waals surface area contributed by atoms with Crippen molar-refractivity contribution in [2.75, 3.05) is 13.1 Å². The van der Waals surface area contributed by atoms with E-state index in [2.05, 4.69) is 10.6 Å². The van der Waals surface area contributed by atoms with Crippen LogP contribution in [0, 0.1) is 11.3 Å². The van der Waals surface area contributed by atoms with Crippen molar-refractivity contribution in [1.29, 1.82) is 0 Å². The third-order valence-electron chi connectivity index (χ3n) is 4.95. The number of hydrogen-bond donors (Lipinski definition) is 3. The molecule has 4 nitrogen and oxygen atoms in total. The van der Waals surface area contributed by atoms with Crippen LogP contribution < -0.4 is 10.6 Å². The molecule has 1 unspecified atom stereocenters. The van der Waals surface area contributed by atoms with Crippen molar-refractivity contribution in [2.45, 2.75) is 64.5 Å². The number of aliphatic hydroxyl groups excluding tert-OH is 1. The van der Waals surface area contributed by atoms with Crippen molar-refractivity contribution in [3.8, 4) is 0 Å². The van der Waals surface area contributed by atoms with E-state index < -0.39 is 0 Å². The van der Waals surface area contributed by atoms with Crippen LogP contribution >= 0.6 is 0 Å². The monoisotopic (exact) mass is 268 g/mol. The lowest BCUT2D eigenvalue weighted by Gasteiger charge is -2.38. The minimum Gasteiger partial charge on any atom is -0.391 e. The minimum atomic E-state index is -0.363. The third kappa shape index (κ3) is 3.48. The Bertz CT molecular complexity index is 311. The molecule has 0 aromatic rings. The zero-order chi connectivity index (χ0) is 13.9. The summed E-state index contributed by atoms with van der Waals surface area (Å²) in [5.74, 6) is 0.495. The molecule has 4 heteroatoms. The molecule has 110 valence electrons. The molecule has 1 heterocycles. The zero-order valence-corrected chi connectivity index (χ0v) is 12.2. The van der Waals surface area contributed by atoms with E-state index in [1.807, 2.05) is 13.8 Å². The normalized spacial score (nSPS) is 32.9. The number of carbonyl (C=O) groups is 1. The molecule has 2 fully saturated rings. The molecule has 2 rings (SSSR count). The molecule has 0 spiro atoms. The maximum absolute atomic E-state index is 12.5. The number of aliphatic hydroxyl groups is 1. The van der Waals surface area contributed by atoms with Gasteiger partial charge in [-0.3, -0.25) is 4.79 Å². The predicted octanol–water partition coefficient (Wildman–Crippen LogP) is 1.43. The lowest BCUT2D eigenvalue weighted by Crippen LogP contribution is -2.53. The second-order valence-electron chi connectivity index (χ2n) is 6.70. The molecule has 1 aliphatic heterocycles. The van der Waals surface area contributed by atoms with Crippen molar-refractivity contribution in [1.82, 2.24) is 10.6 Å². The fourth-order valence-electron chi connectivity index (χ4n) is 3.29. The van der Waals surface area contributed by atoms with Crippen molar-refractivity contribution in [3.63, 3.8) is 0 Å². The van der Waals surface area contributed by atoms with Gasteiger partial charge in [0.15, 0.2) is 0 Å². The second-order valence-corrected chi connectivity index (χ2v) is 6.70. The summed E-state index contributed by atoms with van der Waals surface area (Å²) in [5, 5.41) is 16.4. The third-order valence-corrected chi connectivity index (χ3v) is 4.95. The van der Waals surface area contributed by atoms with Crippen LogP contribution in [0.5, 0.6) is 0 Å². The quantitative estimate of drug-likeness (QED) is 0.725. The predicted molar refractivity (Wildman–Crippen MR) is 75.8 cm³/mol. The molecule has 2 aliphatic rings. The molecule has 0 aromatic heterocycles. The number of rotatable bonds is 3. The standard InChI is InChI=1S/C15H28N2O2/c1-15(2,11-6-5-9-16-10-11)14(19)17-12-7-3-4-8-13(12)18/h11-13,16,18H,3-10H2,1-2H3,(H,17,19)/t11?,12-,13-/m0/s1. The van der Waals surface area contributed by atoms with E-state index in [1.54, 1.807) is 0 Å². The van der Waals surface area contributed by atoms with Gasteiger partial charge in [0.25, 0.3) is 0 Å². The van der Waals surface area contributed by atoms with Crippen LogP contribution in [0.15, 0.2) is 0 Å². The van der Waals surface area contributed by atoms with Gasteiger partial charge in [0.1, 0.15) is 0 Å². The smallest absolute Gasteiger partial charge is 0.226 e. The topological polar surface area (TPSA) is 61.4 Å². The fraction of sp³-hybridized carbons (Fsp3) is 0.933. The van der Waals surface area contributed by atoms with E-state index >= 15 is 0 Å². The van der Waals surface area contributed by atoms with Crippen molar-refractivity contribution in [2.24, 2.45) is 11.3 Å². The molecule has 19 heavy (non-hydrogen) atoms. The van der Waals surface area contributed by atoms with E-state index in [0.717, 1.165) is 51.6 Å². The lowest BCUT2D eigenvalue weighted by atomic mass is 9.74. The maximum Gasteiger partial charge on any atom is 0.226 e. The van der Waals surface area contributed by atoms with Crippen molar-refractivity contribution in [3.05, 3.63) is 0 Å². The highest BCUT2D eigenvalue weighted by Crippen LogP contribution is 2.32. The first-order valence-electron chi connectivity index (χ1n) is 7.71. The van der Waals surface area contributed by atoms with E-state index in [-0.39, 0.29) is 23.5 Å². The maximum atomic E-state index is 12.5. The van der Waals surface area contributed by atoms with Gasteiger partial charge in [0, 0.05) is 5.41 Å². The van der Waals surface area contributed by atoms with Gasteiger partial charge >= 0.3 is 0 Å². The van der Waals surface area contributed by atoms with Crippen molar-refractivity contribution < 1.29 is 9.90 Å². The summed E-state index contributed by atoms with van der Waals surface area (Å²) >= 11 is 0. The van der Waals surface area contributed by atoms with Crippen LogP contribution in [-0.4, -0.2) is 36.2 Å². The molecule has 0 aromatic carbocycles. The molecule has 0 radical (unpaired) electrons. The number of amides is 1. The van der Waals surface area contributed by atoms with E-state index in [1.165, 1.54) is 0 Å². The largest absolute Gasteiger partial charge is 0.391 e. The second kappa shape index (κ2) is 6.23. The molecule has 3 N–H and O–H groups in total. The number of nitrogens with one attached hydrogen (secondary N) is 2. The number of piperidine rings is 1. The summed E-state index contributed by atoms with van der Waals surface area (Å²) in [4.78, 5) is 12.5. The van der Waals surface area contributed by atoms with Gasteiger partial charge in [-0.1, -0.05) is 26.7 Å². The molecular weight excluding hydrogens is 240 g/mol. The Morgan fingerprint density at radius 3 is 2.58 bits per heavy atom. The Morgan fingerprint density at radius 2 is 1.95 bits per heavy atom. The van der Waals surface area contributed by atoms with Crippen LogP contribution in [0.2, 0.25) is 0 Å². The average molecular weight is 268 g/mol. The highest BCUT2D eigenvalue weighted by Gasteiger charge is 2.39. The van der Waals surface area contributed by atoms with Crippen molar-refractivity contribution >= 4 is 5.91 Å². The van der Waals surface area contributed by atoms with Gasteiger partial charge in [0.05, 0.1) is 12.1 Å². The lowest BCUT2D eigenvalue weighted by molar-refractivity contribution is -0.134. The first-order chi connectivity index (χ1) is 9.01. The number of carbonyl (C=O) groups excluding carboxylic acids is 1. The molecule has 1 saturated carbocycles. The number of hydrogen-bond acceptors (Lipinski definition) is 3. The van der Waals surface area contributed by atoms with Crippen LogP contribution in [-0.2, 0) is 4.79 Å². The Kier molecular flexibility index (Phi) is 4.85. The summed E-state index contributed by atoms with van der Waals surface area (Å²) in [6, 6.07) is -0.0444. The summed E-state index contributed by atoms with van der Waals surface area (Å²) in [5.41, 5.74) is -0.357.